The van der Waals surface area contributed by atoms with E-state index in [-0.39, 0.29) is 11.5 Å². The Morgan fingerprint density at radius 3 is 2.50 bits per heavy atom. The summed E-state index contributed by atoms with van der Waals surface area (Å²) in [5.74, 6) is 1.08. The molecule has 6 nitrogen and oxygen atoms in total. The van der Waals surface area contributed by atoms with E-state index in [1.165, 1.54) is 6.07 Å². The van der Waals surface area contributed by atoms with Crippen molar-refractivity contribution in [2.24, 2.45) is 0 Å². The van der Waals surface area contributed by atoms with Crippen LogP contribution in [0.3, 0.4) is 0 Å². The number of ether oxygens (including phenoxy) is 2. The summed E-state index contributed by atoms with van der Waals surface area (Å²) < 4.78 is 16.2. The number of nitrogens with one attached hydrogen (secondary N) is 1. The maximum atomic E-state index is 12.4. The van der Waals surface area contributed by atoms with Crippen LogP contribution in [0.1, 0.15) is 31.4 Å². The molecule has 6 heteroatoms. The maximum absolute atomic E-state index is 12.4. The Bertz CT molecular complexity index is 1060. The smallest absolute Gasteiger partial charge is 0.336 e. The summed E-state index contributed by atoms with van der Waals surface area (Å²) in [7, 11) is 1.63. The summed E-state index contributed by atoms with van der Waals surface area (Å²) in [6, 6.07) is 14.6. The van der Waals surface area contributed by atoms with E-state index < -0.39 is 6.10 Å². The average molecular weight is 409 g/mol. The fourth-order valence-corrected chi connectivity index (χ4v) is 3.28. The van der Waals surface area contributed by atoms with Crippen LogP contribution in [0.2, 0.25) is 0 Å². The summed E-state index contributed by atoms with van der Waals surface area (Å²) in [4.78, 5) is 24.2. The van der Waals surface area contributed by atoms with Crippen molar-refractivity contribution >= 4 is 16.9 Å². The van der Waals surface area contributed by atoms with Crippen molar-refractivity contribution in [1.29, 1.82) is 0 Å². The molecule has 1 heterocycles. The first-order chi connectivity index (χ1) is 14.5. The predicted molar refractivity (Wildman–Crippen MR) is 116 cm³/mol. The third-order valence-corrected chi connectivity index (χ3v) is 4.88. The van der Waals surface area contributed by atoms with Gasteiger partial charge in [-0.25, -0.2) is 4.79 Å². The molecule has 158 valence electrons. The lowest BCUT2D eigenvalue weighted by Gasteiger charge is -2.15. The van der Waals surface area contributed by atoms with Crippen LogP contribution in [0.25, 0.3) is 11.0 Å². The van der Waals surface area contributed by atoms with Crippen LogP contribution >= 0.6 is 0 Å². The van der Waals surface area contributed by atoms with Gasteiger partial charge in [0.15, 0.2) is 6.10 Å². The summed E-state index contributed by atoms with van der Waals surface area (Å²) in [5.41, 5.74) is 2.15. The van der Waals surface area contributed by atoms with Gasteiger partial charge in [-0.05, 0) is 55.2 Å². The number of carbonyl (C=O) groups excluding carboxylic acids is 1. The van der Waals surface area contributed by atoms with Crippen molar-refractivity contribution in [3.8, 4) is 11.5 Å². The summed E-state index contributed by atoms with van der Waals surface area (Å²) in [5, 5.41) is 3.77. The zero-order valence-electron chi connectivity index (χ0n) is 17.6. The minimum atomic E-state index is -0.677. The van der Waals surface area contributed by atoms with Gasteiger partial charge >= 0.3 is 5.63 Å². The van der Waals surface area contributed by atoms with E-state index in [1.807, 2.05) is 30.3 Å². The molecule has 1 amide bonds. The zero-order chi connectivity index (χ0) is 21.5. The zero-order valence-corrected chi connectivity index (χ0v) is 17.6. The number of benzene rings is 2. The van der Waals surface area contributed by atoms with Crippen molar-refractivity contribution in [1.82, 2.24) is 5.32 Å². The second kappa shape index (κ2) is 9.96. The lowest BCUT2D eigenvalue weighted by molar-refractivity contribution is -0.127. The predicted octanol–water partition coefficient (Wildman–Crippen LogP) is 3.88. The molecule has 0 aliphatic heterocycles. The molecule has 0 aliphatic rings. The van der Waals surface area contributed by atoms with Crippen LogP contribution in [-0.4, -0.2) is 25.7 Å². The minimum absolute atomic E-state index is 0.204. The molecule has 0 aliphatic carbocycles. The third-order valence-electron chi connectivity index (χ3n) is 4.88. The number of fused-ring (bicyclic) bond motifs is 1. The largest absolute Gasteiger partial charge is 0.497 e. The number of rotatable bonds is 9. The molecule has 1 N–H and O–H groups in total. The van der Waals surface area contributed by atoms with E-state index in [1.54, 1.807) is 26.2 Å². The molecule has 1 atom stereocenters. The number of methoxy groups -OCH3 is 1. The van der Waals surface area contributed by atoms with Crippen LogP contribution in [0.5, 0.6) is 11.5 Å². The molecule has 1 aromatic heterocycles. The molecule has 0 spiro atoms. The first-order valence-electron chi connectivity index (χ1n) is 10.1. The van der Waals surface area contributed by atoms with Crippen LogP contribution in [0.4, 0.5) is 0 Å². The molecule has 3 aromatic rings. The Balaban J connectivity index is 1.58. The second-order valence-electron chi connectivity index (χ2n) is 7.15. The van der Waals surface area contributed by atoms with Gasteiger partial charge < -0.3 is 19.2 Å². The number of aryl methyl sites for hydroxylation is 1. The van der Waals surface area contributed by atoms with Crippen molar-refractivity contribution in [2.75, 3.05) is 13.7 Å². The quantitative estimate of drug-likeness (QED) is 0.543. The maximum Gasteiger partial charge on any atom is 0.336 e. The van der Waals surface area contributed by atoms with Gasteiger partial charge in [0, 0.05) is 24.1 Å². The lowest BCUT2D eigenvalue weighted by Crippen LogP contribution is -2.37. The summed E-state index contributed by atoms with van der Waals surface area (Å²) in [6.07, 6.45) is 1.77. The number of amides is 1. The van der Waals surface area contributed by atoms with Crippen LogP contribution in [0.15, 0.2) is 57.7 Å². The highest BCUT2D eigenvalue weighted by Crippen LogP contribution is 2.24. The number of hydrogen-bond donors (Lipinski definition) is 1. The average Bonchev–Trinajstić information content (AvgIpc) is 2.74. The molecular formula is C24H27NO5. The van der Waals surface area contributed by atoms with Gasteiger partial charge in [-0.3, -0.25) is 4.79 Å². The normalized spacial score (nSPS) is 11.8. The fourth-order valence-electron chi connectivity index (χ4n) is 3.28. The van der Waals surface area contributed by atoms with Crippen molar-refractivity contribution < 1.29 is 18.7 Å². The molecule has 0 fully saturated rings. The van der Waals surface area contributed by atoms with E-state index in [4.69, 9.17) is 13.9 Å². The number of hydrogen-bond acceptors (Lipinski definition) is 5. The SMILES string of the molecule is CCCc1cc(=O)oc2cc(O[C@H](C)C(=O)NCCc3ccc(OC)cc3)ccc12. The third kappa shape index (κ3) is 5.41. The molecule has 0 bridgehead atoms. The van der Waals surface area contributed by atoms with Crippen LogP contribution < -0.4 is 20.4 Å². The Labute approximate surface area is 175 Å². The van der Waals surface area contributed by atoms with Gasteiger partial charge in [-0.2, -0.15) is 0 Å². The first kappa shape index (κ1) is 21.4. The summed E-state index contributed by atoms with van der Waals surface area (Å²) in [6.45, 7) is 4.26. The Kier molecular flexibility index (Phi) is 7.12. The van der Waals surface area contributed by atoms with E-state index >= 15 is 0 Å². The standard InChI is InChI=1S/C24H27NO5/c1-4-5-18-14-23(26)30-22-15-20(10-11-21(18)22)29-16(2)24(27)25-13-12-17-6-8-19(28-3)9-7-17/h6-11,14-16H,4-5,12-13H2,1-3H3,(H,25,27)/t16-/m1/s1. The van der Waals surface area contributed by atoms with Gasteiger partial charge in [0.2, 0.25) is 0 Å². The van der Waals surface area contributed by atoms with Crippen LogP contribution in [-0.2, 0) is 17.6 Å². The molecule has 0 radical (unpaired) electrons. The minimum Gasteiger partial charge on any atom is -0.497 e. The molecular weight excluding hydrogens is 382 g/mol. The van der Waals surface area contributed by atoms with Crippen molar-refractivity contribution in [3.05, 3.63) is 70.1 Å². The monoisotopic (exact) mass is 409 g/mol. The van der Waals surface area contributed by atoms with Gasteiger partial charge in [0.05, 0.1) is 7.11 Å². The topological polar surface area (TPSA) is 77.8 Å². The van der Waals surface area contributed by atoms with Crippen molar-refractivity contribution in [3.63, 3.8) is 0 Å². The molecule has 3 rings (SSSR count). The van der Waals surface area contributed by atoms with Gasteiger partial charge in [-0.15, -0.1) is 0 Å². The van der Waals surface area contributed by atoms with Gasteiger partial charge in [-0.1, -0.05) is 25.5 Å². The molecule has 0 unspecified atom stereocenters. The van der Waals surface area contributed by atoms with Crippen LogP contribution in [0, 0.1) is 0 Å². The first-order valence-corrected chi connectivity index (χ1v) is 10.1. The molecule has 0 saturated carbocycles. The van der Waals surface area contributed by atoms with Crippen molar-refractivity contribution in [2.45, 2.75) is 39.2 Å². The molecule has 30 heavy (non-hydrogen) atoms. The Hall–Kier alpha value is -3.28. The fraction of sp³-hybridized carbons (Fsp3) is 0.333. The van der Waals surface area contributed by atoms with E-state index in [2.05, 4.69) is 12.2 Å². The summed E-state index contributed by atoms with van der Waals surface area (Å²) >= 11 is 0. The Morgan fingerprint density at radius 1 is 1.07 bits per heavy atom. The molecule has 2 aromatic carbocycles. The van der Waals surface area contributed by atoms with Gasteiger partial charge in [0.25, 0.3) is 5.91 Å². The highest BCUT2D eigenvalue weighted by Gasteiger charge is 2.15. The van der Waals surface area contributed by atoms with Gasteiger partial charge in [0.1, 0.15) is 17.1 Å². The highest BCUT2D eigenvalue weighted by atomic mass is 16.5. The molecule has 0 saturated heterocycles. The second-order valence-corrected chi connectivity index (χ2v) is 7.15. The van der Waals surface area contributed by atoms with E-state index in [0.29, 0.717) is 24.3 Å². The van der Waals surface area contributed by atoms with E-state index in [9.17, 15) is 9.59 Å². The Morgan fingerprint density at radius 2 is 1.80 bits per heavy atom. The number of carbonyl (C=O) groups is 1. The highest BCUT2D eigenvalue weighted by molar-refractivity contribution is 5.83. The van der Waals surface area contributed by atoms with E-state index in [0.717, 1.165) is 35.1 Å². The lowest BCUT2D eigenvalue weighted by atomic mass is 10.1.